The minimum absolute atomic E-state index is 0.698. The minimum atomic E-state index is 0.698. The largest absolute Gasteiger partial charge is 0.313 e. The van der Waals surface area contributed by atoms with Gasteiger partial charge in [0, 0.05) is 15.6 Å². The molecule has 78 valence electrons. The molecule has 0 fully saturated rings. The summed E-state index contributed by atoms with van der Waals surface area (Å²) in [5, 5.41) is 4.16. The number of fused-ring (bicyclic) bond motifs is 1. The number of rotatable bonds is 2. The summed E-state index contributed by atoms with van der Waals surface area (Å²) < 4.78 is 1.04. The Bertz CT molecular complexity index is 496. The maximum absolute atomic E-state index is 4.48. The zero-order valence-corrected chi connectivity index (χ0v) is 10.3. The summed E-state index contributed by atoms with van der Waals surface area (Å²) in [5.41, 5.74) is 2.01. The predicted molar refractivity (Wildman–Crippen MR) is 64.7 cm³/mol. The Morgan fingerprint density at radius 1 is 1.33 bits per heavy atom. The first-order chi connectivity index (χ1) is 7.20. The van der Waals surface area contributed by atoms with E-state index in [1.54, 1.807) is 0 Å². The van der Waals surface area contributed by atoms with Crippen molar-refractivity contribution in [3.8, 4) is 0 Å². The molecule has 1 heterocycles. The van der Waals surface area contributed by atoms with E-state index in [1.807, 2.05) is 32.2 Å². The van der Waals surface area contributed by atoms with Gasteiger partial charge in [-0.05, 0) is 32.2 Å². The third-order valence-electron chi connectivity index (χ3n) is 2.23. The lowest BCUT2D eigenvalue weighted by Crippen LogP contribution is -2.09. The van der Waals surface area contributed by atoms with Crippen LogP contribution in [0.15, 0.2) is 22.7 Å². The summed E-state index contributed by atoms with van der Waals surface area (Å²) in [6.07, 6.45) is 0. The molecule has 0 atom stereocenters. The molecule has 2 aromatic rings. The average Bonchev–Trinajstić information content (AvgIpc) is 2.17. The highest BCUT2D eigenvalue weighted by atomic mass is 79.9. The lowest BCUT2D eigenvalue weighted by molar-refractivity contribution is 0.760. The molecule has 0 aliphatic carbocycles. The van der Waals surface area contributed by atoms with Gasteiger partial charge in [0.1, 0.15) is 5.82 Å². The molecule has 0 saturated heterocycles. The summed E-state index contributed by atoms with van der Waals surface area (Å²) in [6, 6.07) is 6.07. The Labute approximate surface area is 97.1 Å². The number of benzene rings is 1. The molecule has 3 nitrogen and oxygen atoms in total. The molecule has 4 heteroatoms. The van der Waals surface area contributed by atoms with Crippen LogP contribution in [0, 0.1) is 6.92 Å². The van der Waals surface area contributed by atoms with Crippen LogP contribution in [-0.2, 0) is 6.54 Å². The van der Waals surface area contributed by atoms with Gasteiger partial charge < -0.3 is 5.32 Å². The van der Waals surface area contributed by atoms with E-state index in [0.29, 0.717) is 6.54 Å². The number of aryl methyl sites for hydroxylation is 1. The Morgan fingerprint density at radius 3 is 2.87 bits per heavy atom. The van der Waals surface area contributed by atoms with Crippen molar-refractivity contribution in [2.75, 3.05) is 7.05 Å². The van der Waals surface area contributed by atoms with E-state index in [9.17, 15) is 0 Å². The number of nitrogens with zero attached hydrogens (tertiary/aromatic N) is 2. The average molecular weight is 266 g/mol. The molecule has 0 radical (unpaired) electrons. The Balaban J connectivity index is 2.63. The van der Waals surface area contributed by atoms with E-state index in [1.165, 1.54) is 0 Å². The van der Waals surface area contributed by atoms with Crippen LogP contribution in [0.4, 0.5) is 0 Å². The van der Waals surface area contributed by atoms with E-state index in [2.05, 4.69) is 31.2 Å². The van der Waals surface area contributed by atoms with Crippen LogP contribution in [0.5, 0.6) is 0 Å². The quantitative estimate of drug-likeness (QED) is 0.907. The smallest absolute Gasteiger partial charge is 0.143 e. The van der Waals surface area contributed by atoms with Gasteiger partial charge in [0.05, 0.1) is 12.1 Å². The van der Waals surface area contributed by atoms with E-state index in [0.717, 1.165) is 26.9 Å². The summed E-state index contributed by atoms with van der Waals surface area (Å²) in [5.74, 6) is 0.834. The van der Waals surface area contributed by atoms with Gasteiger partial charge >= 0.3 is 0 Å². The van der Waals surface area contributed by atoms with Gasteiger partial charge in [-0.25, -0.2) is 9.97 Å². The molecule has 0 aliphatic heterocycles. The summed E-state index contributed by atoms with van der Waals surface area (Å²) in [7, 11) is 1.89. The van der Waals surface area contributed by atoms with Crippen LogP contribution in [0.3, 0.4) is 0 Å². The Kier molecular flexibility index (Phi) is 2.98. The van der Waals surface area contributed by atoms with Crippen molar-refractivity contribution in [3.05, 3.63) is 34.2 Å². The maximum atomic E-state index is 4.48. The second kappa shape index (κ2) is 4.24. The van der Waals surface area contributed by atoms with Crippen molar-refractivity contribution in [3.63, 3.8) is 0 Å². The molecule has 1 N–H and O–H groups in total. The molecule has 0 bridgehead atoms. The molecular formula is C11H12BrN3. The zero-order valence-electron chi connectivity index (χ0n) is 8.71. The number of hydrogen-bond acceptors (Lipinski definition) is 3. The van der Waals surface area contributed by atoms with E-state index in [4.69, 9.17) is 0 Å². The number of hydrogen-bond donors (Lipinski definition) is 1. The van der Waals surface area contributed by atoms with Crippen LogP contribution in [-0.4, -0.2) is 17.0 Å². The second-order valence-electron chi connectivity index (χ2n) is 3.42. The molecule has 0 unspecified atom stereocenters. The van der Waals surface area contributed by atoms with Crippen molar-refractivity contribution in [2.45, 2.75) is 13.5 Å². The first kappa shape index (κ1) is 10.5. The third kappa shape index (κ3) is 2.16. The van der Waals surface area contributed by atoms with Gasteiger partial charge in [0.15, 0.2) is 0 Å². The standard InChI is InChI=1S/C11H12BrN3/c1-7-9-4-3-8(12)5-10(9)15-11(14-7)6-13-2/h3-5,13H,6H2,1-2H3. The van der Waals surface area contributed by atoms with Crippen molar-refractivity contribution in [2.24, 2.45) is 0 Å². The van der Waals surface area contributed by atoms with Gasteiger partial charge in [-0.3, -0.25) is 0 Å². The lowest BCUT2D eigenvalue weighted by atomic mass is 10.2. The van der Waals surface area contributed by atoms with Crippen molar-refractivity contribution in [1.29, 1.82) is 0 Å². The molecule has 0 saturated carbocycles. The maximum Gasteiger partial charge on any atom is 0.143 e. The van der Waals surface area contributed by atoms with E-state index >= 15 is 0 Å². The molecule has 0 amide bonds. The van der Waals surface area contributed by atoms with E-state index < -0.39 is 0 Å². The van der Waals surface area contributed by atoms with Gasteiger partial charge in [-0.15, -0.1) is 0 Å². The molecule has 1 aromatic heterocycles. The molecular weight excluding hydrogens is 254 g/mol. The van der Waals surface area contributed by atoms with Gasteiger partial charge in [0.25, 0.3) is 0 Å². The highest BCUT2D eigenvalue weighted by molar-refractivity contribution is 9.10. The fourth-order valence-corrected chi connectivity index (χ4v) is 1.91. The summed E-state index contributed by atoms with van der Waals surface area (Å²) >= 11 is 3.44. The molecule has 1 aromatic carbocycles. The van der Waals surface area contributed by atoms with Crippen molar-refractivity contribution < 1.29 is 0 Å². The SMILES string of the molecule is CNCc1nc(C)c2ccc(Br)cc2n1. The third-order valence-corrected chi connectivity index (χ3v) is 2.72. The lowest BCUT2D eigenvalue weighted by Gasteiger charge is -2.05. The summed E-state index contributed by atoms with van der Waals surface area (Å²) in [6.45, 7) is 2.71. The normalized spacial score (nSPS) is 10.9. The predicted octanol–water partition coefficient (Wildman–Crippen LogP) is 2.42. The topological polar surface area (TPSA) is 37.8 Å². The van der Waals surface area contributed by atoms with Crippen molar-refractivity contribution >= 4 is 26.8 Å². The molecule has 0 aliphatic rings. The van der Waals surface area contributed by atoms with Crippen LogP contribution in [0.2, 0.25) is 0 Å². The Hall–Kier alpha value is -1.00. The van der Waals surface area contributed by atoms with Crippen LogP contribution >= 0.6 is 15.9 Å². The van der Waals surface area contributed by atoms with E-state index in [-0.39, 0.29) is 0 Å². The molecule has 2 rings (SSSR count). The fraction of sp³-hybridized carbons (Fsp3) is 0.273. The van der Waals surface area contributed by atoms with Gasteiger partial charge in [-0.1, -0.05) is 15.9 Å². The van der Waals surface area contributed by atoms with Crippen molar-refractivity contribution in [1.82, 2.24) is 15.3 Å². The van der Waals surface area contributed by atoms with Crippen LogP contribution in [0.1, 0.15) is 11.5 Å². The second-order valence-corrected chi connectivity index (χ2v) is 4.33. The number of nitrogens with one attached hydrogen (secondary N) is 1. The highest BCUT2D eigenvalue weighted by Gasteiger charge is 2.03. The monoisotopic (exact) mass is 265 g/mol. The first-order valence-electron chi connectivity index (χ1n) is 4.78. The number of aromatic nitrogens is 2. The van der Waals surface area contributed by atoms with Gasteiger partial charge in [-0.2, -0.15) is 0 Å². The number of halogens is 1. The molecule has 0 spiro atoms. The van der Waals surface area contributed by atoms with Crippen LogP contribution in [0.25, 0.3) is 10.9 Å². The molecule has 15 heavy (non-hydrogen) atoms. The Morgan fingerprint density at radius 2 is 2.13 bits per heavy atom. The van der Waals surface area contributed by atoms with Gasteiger partial charge in [0.2, 0.25) is 0 Å². The summed E-state index contributed by atoms with van der Waals surface area (Å²) in [4.78, 5) is 8.91. The minimum Gasteiger partial charge on any atom is -0.313 e. The first-order valence-corrected chi connectivity index (χ1v) is 5.57. The van der Waals surface area contributed by atoms with Crippen LogP contribution < -0.4 is 5.32 Å². The highest BCUT2D eigenvalue weighted by Crippen LogP contribution is 2.20. The zero-order chi connectivity index (χ0) is 10.8. The fourth-order valence-electron chi connectivity index (χ4n) is 1.56.